The lowest BCUT2D eigenvalue weighted by molar-refractivity contribution is -0.193. The molecule has 0 spiro atoms. The minimum Gasteiger partial charge on any atom is -0.342 e. The molecule has 2 aliphatic heterocycles. The monoisotopic (exact) mass is 310 g/mol. The topological polar surface area (TPSA) is 66.9 Å². The number of hydroxylamine groups is 2. The molecule has 2 rings (SSSR count). The molecule has 0 bridgehead atoms. The van der Waals surface area contributed by atoms with Gasteiger partial charge >= 0.3 is 5.97 Å². The van der Waals surface area contributed by atoms with Crippen LogP contribution in [0.2, 0.25) is 0 Å². The van der Waals surface area contributed by atoms with Crippen molar-refractivity contribution in [1.29, 1.82) is 0 Å². The fourth-order valence-electron chi connectivity index (χ4n) is 3.11. The first-order valence-corrected chi connectivity index (χ1v) is 8.06. The molecule has 0 aromatic heterocycles. The molecule has 0 aromatic carbocycles. The van der Waals surface area contributed by atoms with E-state index in [4.69, 9.17) is 4.84 Å². The molecule has 2 aliphatic rings. The molecular formula is C16H26N2O4. The van der Waals surface area contributed by atoms with E-state index in [2.05, 4.69) is 20.8 Å². The highest BCUT2D eigenvalue weighted by atomic mass is 16.7. The van der Waals surface area contributed by atoms with Crippen LogP contribution < -0.4 is 0 Å². The Hall–Kier alpha value is -1.59. The Labute approximate surface area is 131 Å². The number of rotatable bonds is 3. The summed E-state index contributed by atoms with van der Waals surface area (Å²) in [5.41, 5.74) is 0.254. The predicted molar refractivity (Wildman–Crippen MR) is 80.4 cm³/mol. The maximum Gasteiger partial charge on any atom is 0.341 e. The van der Waals surface area contributed by atoms with E-state index in [1.807, 2.05) is 0 Å². The van der Waals surface area contributed by atoms with Gasteiger partial charge in [-0.3, -0.25) is 9.59 Å². The number of amides is 2. The third-order valence-electron chi connectivity index (χ3n) is 4.61. The summed E-state index contributed by atoms with van der Waals surface area (Å²) >= 11 is 0. The molecule has 0 radical (unpaired) electrons. The Bertz CT molecular complexity index is 448. The van der Waals surface area contributed by atoms with E-state index in [1.165, 1.54) is 0 Å². The number of hydrogen-bond acceptors (Lipinski definition) is 4. The van der Waals surface area contributed by atoms with Gasteiger partial charge in [0, 0.05) is 19.5 Å². The van der Waals surface area contributed by atoms with E-state index in [1.54, 1.807) is 4.90 Å². The molecule has 0 unspecified atom stereocenters. The second-order valence-corrected chi connectivity index (χ2v) is 7.26. The average Bonchev–Trinajstić information content (AvgIpc) is 2.83. The van der Waals surface area contributed by atoms with Gasteiger partial charge in [0.25, 0.3) is 5.91 Å². The fraction of sp³-hybridized carbons (Fsp3) is 0.812. The molecule has 6 nitrogen and oxygen atoms in total. The normalized spacial score (nSPS) is 20.4. The molecule has 124 valence electrons. The number of likely N-dealkylation sites (tertiary alicyclic amines) is 1. The van der Waals surface area contributed by atoms with E-state index >= 15 is 0 Å². The number of nitrogens with zero attached hydrogens (tertiary/aromatic N) is 2. The average molecular weight is 310 g/mol. The van der Waals surface area contributed by atoms with E-state index in [9.17, 15) is 14.4 Å². The van der Waals surface area contributed by atoms with Gasteiger partial charge in [-0.05, 0) is 30.6 Å². The largest absolute Gasteiger partial charge is 0.342 e. The van der Waals surface area contributed by atoms with E-state index in [0.717, 1.165) is 17.9 Å². The summed E-state index contributed by atoms with van der Waals surface area (Å²) in [6.45, 7) is 8.47. The summed E-state index contributed by atoms with van der Waals surface area (Å²) in [6, 6.07) is 0. The van der Waals surface area contributed by atoms with Crippen LogP contribution in [0.3, 0.4) is 0 Å². The first-order valence-electron chi connectivity index (χ1n) is 8.06. The van der Waals surface area contributed by atoms with Crippen LogP contribution in [0.5, 0.6) is 0 Å². The predicted octanol–water partition coefficient (Wildman–Crippen LogP) is 1.74. The quantitative estimate of drug-likeness (QED) is 0.745. The zero-order chi connectivity index (χ0) is 16.3. The fourth-order valence-corrected chi connectivity index (χ4v) is 3.11. The highest BCUT2D eigenvalue weighted by molar-refractivity contribution is 5.94. The summed E-state index contributed by atoms with van der Waals surface area (Å²) in [6.07, 6.45) is 2.75. The molecule has 2 heterocycles. The Morgan fingerprint density at radius 3 is 2.32 bits per heavy atom. The van der Waals surface area contributed by atoms with Crippen molar-refractivity contribution in [2.24, 2.45) is 11.3 Å². The number of carbonyl (C=O) groups excluding carboxylic acids is 3. The van der Waals surface area contributed by atoms with Crippen LogP contribution in [0.1, 0.15) is 52.9 Å². The number of carbonyl (C=O) groups is 3. The van der Waals surface area contributed by atoms with Crippen molar-refractivity contribution in [1.82, 2.24) is 9.96 Å². The standard InChI is InChI=1S/C16H26N2O4/c1-16(2,3)12-6-9-17(10-7-12)14(20)11-15(21)22-18-8-4-5-13(18)19/h12H,4-11H2,1-3H3. The SMILES string of the molecule is CC(C)(C)C1CCN(C(=O)CC(=O)ON2CCCC2=O)CC1. The third kappa shape index (κ3) is 4.21. The van der Waals surface area contributed by atoms with Gasteiger partial charge in [0.1, 0.15) is 6.42 Å². The van der Waals surface area contributed by atoms with Crippen LogP contribution in [0, 0.1) is 11.3 Å². The van der Waals surface area contributed by atoms with Gasteiger partial charge < -0.3 is 9.74 Å². The van der Waals surface area contributed by atoms with Gasteiger partial charge in [0.15, 0.2) is 0 Å². The molecular weight excluding hydrogens is 284 g/mol. The maximum atomic E-state index is 12.1. The molecule has 0 atom stereocenters. The molecule has 0 aliphatic carbocycles. The summed E-state index contributed by atoms with van der Waals surface area (Å²) in [5.74, 6) is -0.431. The van der Waals surface area contributed by atoms with E-state index in [-0.39, 0.29) is 23.7 Å². The van der Waals surface area contributed by atoms with Crippen LogP contribution in [0.15, 0.2) is 0 Å². The molecule has 0 saturated carbocycles. The zero-order valence-corrected chi connectivity index (χ0v) is 13.8. The van der Waals surface area contributed by atoms with Crippen LogP contribution in [0.4, 0.5) is 0 Å². The molecule has 6 heteroatoms. The molecule has 2 amide bonds. The summed E-state index contributed by atoms with van der Waals surface area (Å²) < 4.78 is 0. The number of hydrogen-bond donors (Lipinski definition) is 0. The second kappa shape index (κ2) is 6.67. The van der Waals surface area contributed by atoms with Crippen molar-refractivity contribution in [3.05, 3.63) is 0 Å². The first-order chi connectivity index (χ1) is 10.3. The van der Waals surface area contributed by atoms with Gasteiger partial charge in [0.05, 0.1) is 6.54 Å². The summed E-state index contributed by atoms with van der Waals surface area (Å²) in [4.78, 5) is 42.0. The smallest absolute Gasteiger partial charge is 0.341 e. The van der Waals surface area contributed by atoms with Gasteiger partial charge in [-0.1, -0.05) is 20.8 Å². The molecule has 2 fully saturated rings. The van der Waals surface area contributed by atoms with Crippen molar-refractivity contribution in [2.45, 2.75) is 52.9 Å². The first kappa shape index (κ1) is 16.8. The Kier molecular flexibility index (Phi) is 5.08. The van der Waals surface area contributed by atoms with Crippen molar-refractivity contribution in [3.8, 4) is 0 Å². The van der Waals surface area contributed by atoms with Crippen LogP contribution in [-0.4, -0.2) is 47.4 Å². The third-order valence-corrected chi connectivity index (χ3v) is 4.61. The minimum absolute atomic E-state index is 0.188. The summed E-state index contributed by atoms with van der Waals surface area (Å²) in [5, 5.41) is 1.07. The Morgan fingerprint density at radius 2 is 1.82 bits per heavy atom. The van der Waals surface area contributed by atoms with E-state index in [0.29, 0.717) is 38.4 Å². The Morgan fingerprint density at radius 1 is 1.18 bits per heavy atom. The Balaban J connectivity index is 1.76. The van der Waals surface area contributed by atoms with Crippen molar-refractivity contribution < 1.29 is 19.2 Å². The number of piperidine rings is 1. The van der Waals surface area contributed by atoms with Crippen molar-refractivity contribution in [3.63, 3.8) is 0 Å². The minimum atomic E-state index is -0.641. The summed E-state index contributed by atoms with van der Waals surface area (Å²) in [7, 11) is 0. The maximum absolute atomic E-state index is 12.1. The molecule has 22 heavy (non-hydrogen) atoms. The lowest BCUT2D eigenvalue weighted by atomic mass is 9.75. The van der Waals surface area contributed by atoms with Crippen molar-refractivity contribution >= 4 is 17.8 Å². The lowest BCUT2D eigenvalue weighted by Gasteiger charge is -2.38. The second-order valence-electron chi connectivity index (χ2n) is 7.26. The lowest BCUT2D eigenvalue weighted by Crippen LogP contribution is -2.42. The van der Waals surface area contributed by atoms with Gasteiger partial charge in [0.2, 0.25) is 5.91 Å². The highest BCUT2D eigenvalue weighted by Gasteiger charge is 2.31. The van der Waals surface area contributed by atoms with Crippen LogP contribution >= 0.6 is 0 Å². The molecule has 0 aromatic rings. The van der Waals surface area contributed by atoms with Crippen LogP contribution in [-0.2, 0) is 19.2 Å². The van der Waals surface area contributed by atoms with Gasteiger partial charge in [-0.2, -0.15) is 5.06 Å². The molecule has 2 saturated heterocycles. The highest BCUT2D eigenvalue weighted by Crippen LogP contribution is 2.34. The van der Waals surface area contributed by atoms with Gasteiger partial charge in [-0.25, -0.2) is 4.79 Å². The van der Waals surface area contributed by atoms with E-state index < -0.39 is 5.97 Å². The van der Waals surface area contributed by atoms with Gasteiger partial charge in [-0.15, -0.1) is 0 Å². The van der Waals surface area contributed by atoms with Crippen LogP contribution in [0.25, 0.3) is 0 Å². The molecule has 0 N–H and O–H groups in total. The zero-order valence-electron chi connectivity index (χ0n) is 13.8. The van der Waals surface area contributed by atoms with Crippen molar-refractivity contribution in [2.75, 3.05) is 19.6 Å².